The molecule has 6 nitrogen and oxygen atoms in total. The number of unbranched alkanes of at least 4 members (excludes halogenated alkanes) is 1. The topological polar surface area (TPSA) is 74.0 Å². The van der Waals surface area contributed by atoms with Crippen molar-refractivity contribution in [2.75, 3.05) is 18.7 Å². The lowest BCUT2D eigenvalue weighted by Gasteiger charge is -2.05. The summed E-state index contributed by atoms with van der Waals surface area (Å²) in [5, 5.41) is 18.3. The van der Waals surface area contributed by atoms with E-state index in [9.17, 15) is 5.21 Å². The Morgan fingerprint density at radius 2 is 2.22 bits per heavy atom. The van der Waals surface area contributed by atoms with Crippen molar-refractivity contribution < 1.29 is 9.58 Å². The Labute approximate surface area is 105 Å². The van der Waals surface area contributed by atoms with Crippen LogP contribution in [0, 0.1) is 5.21 Å². The average molecular weight is 248 g/mol. The maximum atomic E-state index is 11.6. The van der Waals surface area contributed by atoms with Gasteiger partial charge >= 0.3 is 0 Å². The molecule has 0 spiro atoms. The van der Waals surface area contributed by atoms with Gasteiger partial charge in [-0.2, -0.15) is 0 Å². The third-order valence-corrected chi connectivity index (χ3v) is 2.47. The second kappa shape index (κ2) is 6.11. The summed E-state index contributed by atoms with van der Waals surface area (Å²) in [5.41, 5.74) is 1.06. The van der Waals surface area contributed by atoms with Crippen LogP contribution in [0.2, 0.25) is 0 Å². The van der Waals surface area contributed by atoms with Crippen LogP contribution in [-0.2, 0) is 4.74 Å². The summed E-state index contributed by atoms with van der Waals surface area (Å²) < 4.78 is 5.33. The van der Waals surface area contributed by atoms with Crippen molar-refractivity contribution in [2.45, 2.75) is 19.8 Å². The molecule has 0 saturated carbocycles. The SMILES string of the molecule is CCCCOCNc1nc2ccccc2[n+]([O-])n1. The predicted molar refractivity (Wildman–Crippen MR) is 67.8 cm³/mol. The van der Waals surface area contributed by atoms with Gasteiger partial charge in [0.05, 0.1) is 5.10 Å². The first-order valence-electron chi connectivity index (χ1n) is 5.99. The van der Waals surface area contributed by atoms with E-state index in [0.29, 0.717) is 29.2 Å². The van der Waals surface area contributed by atoms with Crippen LogP contribution in [0.25, 0.3) is 11.0 Å². The number of benzene rings is 1. The molecule has 0 amide bonds. The van der Waals surface area contributed by atoms with Crippen molar-refractivity contribution in [1.29, 1.82) is 0 Å². The van der Waals surface area contributed by atoms with Crippen LogP contribution >= 0.6 is 0 Å². The molecule has 0 aliphatic carbocycles. The molecule has 0 fully saturated rings. The van der Waals surface area contributed by atoms with Crippen molar-refractivity contribution in [2.24, 2.45) is 0 Å². The van der Waals surface area contributed by atoms with E-state index < -0.39 is 0 Å². The van der Waals surface area contributed by atoms with Gasteiger partial charge in [-0.05, 0) is 17.3 Å². The number of anilines is 1. The van der Waals surface area contributed by atoms with Crippen LogP contribution in [0.1, 0.15) is 19.8 Å². The largest absolute Gasteiger partial charge is 0.594 e. The zero-order chi connectivity index (χ0) is 12.8. The summed E-state index contributed by atoms with van der Waals surface area (Å²) >= 11 is 0. The molecule has 18 heavy (non-hydrogen) atoms. The fraction of sp³-hybridized carbons (Fsp3) is 0.417. The van der Waals surface area contributed by atoms with Crippen molar-refractivity contribution in [1.82, 2.24) is 10.1 Å². The maximum Gasteiger partial charge on any atom is 0.292 e. The van der Waals surface area contributed by atoms with E-state index in [4.69, 9.17) is 4.74 Å². The second-order valence-electron chi connectivity index (χ2n) is 3.88. The Balaban J connectivity index is 2.01. The third-order valence-electron chi connectivity index (χ3n) is 2.47. The molecule has 0 aliphatic rings. The summed E-state index contributed by atoms with van der Waals surface area (Å²) in [5.74, 6) is 0.278. The van der Waals surface area contributed by atoms with E-state index in [-0.39, 0.29) is 5.95 Å². The van der Waals surface area contributed by atoms with Gasteiger partial charge in [-0.1, -0.05) is 25.5 Å². The predicted octanol–water partition coefficient (Wildman–Crippen LogP) is 1.45. The minimum Gasteiger partial charge on any atom is -0.594 e. The Bertz CT molecular complexity index is 518. The molecule has 0 aliphatic heterocycles. The summed E-state index contributed by atoms with van der Waals surface area (Å²) in [6.45, 7) is 3.09. The highest BCUT2D eigenvalue weighted by Crippen LogP contribution is 2.07. The van der Waals surface area contributed by atoms with Gasteiger partial charge in [0.1, 0.15) is 12.2 Å². The lowest BCUT2D eigenvalue weighted by molar-refractivity contribution is -0.641. The highest BCUT2D eigenvalue weighted by Gasteiger charge is 2.08. The summed E-state index contributed by atoms with van der Waals surface area (Å²) in [4.78, 5) is 4.80. The Morgan fingerprint density at radius 3 is 3.06 bits per heavy atom. The number of para-hydroxylation sites is 2. The van der Waals surface area contributed by atoms with Crippen molar-refractivity contribution in [3.63, 3.8) is 0 Å². The summed E-state index contributed by atoms with van der Waals surface area (Å²) in [6.07, 6.45) is 2.11. The van der Waals surface area contributed by atoms with Crippen molar-refractivity contribution in [3.8, 4) is 0 Å². The molecule has 6 heteroatoms. The molecule has 0 unspecified atom stereocenters. The fourth-order valence-corrected chi connectivity index (χ4v) is 1.51. The number of hydrogen-bond acceptors (Lipinski definition) is 5. The lowest BCUT2D eigenvalue weighted by atomic mass is 10.3. The monoisotopic (exact) mass is 248 g/mol. The zero-order valence-corrected chi connectivity index (χ0v) is 10.3. The summed E-state index contributed by atoms with van der Waals surface area (Å²) in [6, 6.07) is 7.07. The smallest absolute Gasteiger partial charge is 0.292 e. The number of aromatic nitrogens is 3. The van der Waals surface area contributed by atoms with Crippen LogP contribution in [0.4, 0.5) is 5.95 Å². The van der Waals surface area contributed by atoms with E-state index in [0.717, 1.165) is 12.8 Å². The minimum absolute atomic E-state index is 0.278. The van der Waals surface area contributed by atoms with Crippen LogP contribution in [0.3, 0.4) is 0 Å². The first kappa shape index (κ1) is 12.5. The molecule has 2 rings (SSSR count). The molecule has 0 bridgehead atoms. The average Bonchev–Trinajstić information content (AvgIpc) is 2.39. The standard InChI is InChI=1S/C12H16N4O2/c1-2-3-8-18-9-13-12-14-10-6-4-5-7-11(10)16(17)15-12/h4-7H,2-3,8-9H2,1H3,(H,13,14,15). The molecule has 0 saturated heterocycles. The third kappa shape index (κ3) is 3.04. The highest BCUT2D eigenvalue weighted by atomic mass is 16.5. The molecule has 1 N–H and O–H groups in total. The Kier molecular flexibility index (Phi) is 4.25. The second-order valence-corrected chi connectivity index (χ2v) is 3.88. The van der Waals surface area contributed by atoms with E-state index in [1.807, 2.05) is 6.07 Å². The minimum atomic E-state index is 0.278. The van der Waals surface area contributed by atoms with Crippen molar-refractivity contribution in [3.05, 3.63) is 29.5 Å². The number of hydrogen-bond donors (Lipinski definition) is 1. The van der Waals surface area contributed by atoms with Gasteiger partial charge in [0, 0.05) is 12.7 Å². The van der Waals surface area contributed by atoms with Gasteiger partial charge in [0.15, 0.2) is 0 Å². The molecule has 1 aromatic carbocycles. The van der Waals surface area contributed by atoms with Gasteiger partial charge in [-0.3, -0.25) is 0 Å². The van der Waals surface area contributed by atoms with Crippen molar-refractivity contribution >= 4 is 17.0 Å². The fourth-order valence-electron chi connectivity index (χ4n) is 1.51. The first-order chi connectivity index (χ1) is 8.81. The number of nitrogens with zero attached hydrogens (tertiary/aromatic N) is 3. The van der Waals surface area contributed by atoms with Crippen LogP contribution in [0.15, 0.2) is 24.3 Å². The quantitative estimate of drug-likeness (QED) is 0.362. The molecular weight excluding hydrogens is 232 g/mol. The highest BCUT2D eigenvalue weighted by molar-refractivity contribution is 5.71. The van der Waals surface area contributed by atoms with E-state index in [1.54, 1.807) is 18.2 Å². The Morgan fingerprint density at radius 1 is 1.39 bits per heavy atom. The number of rotatable bonds is 6. The molecule has 1 heterocycles. The van der Waals surface area contributed by atoms with Crippen LogP contribution < -0.4 is 10.2 Å². The molecule has 96 valence electrons. The van der Waals surface area contributed by atoms with Crippen LogP contribution in [-0.4, -0.2) is 23.4 Å². The Hall–Kier alpha value is -1.95. The van der Waals surface area contributed by atoms with Gasteiger partial charge < -0.3 is 15.3 Å². The van der Waals surface area contributed by atoms with E-state index in [2.05, 4.69) is 22.3 Å². The lowest BCUT2D eigenvalue weighted by Crippen LogP contribution is -2.33. The van der Waals surface area contributed by atoms with Crippen LogP contribution in [0.5, 0.6) is 0 Å². The molecular formula is C12H16N4O2. The summed E-state index contributed by atoms with van der Waals surface area (Å²) in [7, 11) is 0. The number of fused-ring (bicyclic) bond motifs is 1. The number of ether oxygens (including phenoxy) is 1. The van der Waals surface area contributed by atoms with E-state index in [1.165, 1.54) is 0 Å². The van der Waals surface area contributed by atoms with Gasteiger partial charge in [-0.15, -0.1) is 0 Å². The molecule has 1 aromatic heterocycles. The zero-order valence-electron chi connectivity index (χ0n) is 10.3. The first-order valence-corrected chi connectivity index (χ1v) is 5.99. The normalized spacial score (nSPS) is 10.7. The van der Waals surface area contributed by atoms with E-state index >= 15 is 0 Å². The number of nitrogens with one attached hydrogen (secondary N) is 1. The molecule has 0 atom stereocenters. The van der Waals surface area contributed by atoms with Gasteiger partial charge in [0.25, 0.3) is 11.5 Å². The maximum absolute atomic E-state index is 11.6. The van der Waals surface area contributed by atoms with Gasteiger partial charge in [-0.25, -0.2) is 4.98 Å². The molecule has 0 radical (unpaired) electrons. The van der Waals surface area contributed by atoms with Gasteiger partial charge in [0.2, 0.25) is 0 Å². The molecule has 2 aromatic rings.